The van der Waals surface area contributed by atoms with Crippen LogP contribution in [0.25, 0.3) is 0 Å². The largest absolute Gasteiger partial charge is 0.290 e. The molecule has 0 saturated carbocycles. The third-order valence-electron chi connectivity index (χ3n) is 3.18. The second-order valence-electron chi connectivity index (χ2n) is 4.86. The predicted octanol–water partition coefficient (Wildman–Crippen LogP) is 3.16. The molecule has 0 radical (unpaired) electrons. The Kier molecular flexibility index (Phi) is 5.70. The number of hydrogen-bond acceptors (Lipinski definition) is 4. The van der Waals surface area contributed by atoms with Gasteiger partial charge in [-0.05, 0) is 30.5 Å². The van der Waals surface area contributed by atoms with E-state index in [0.29, 0.717) is 12.8 Å². The van der Waals surface area contributed by atoms with Crippen molar-refractivity contribution in [1.29, 1.82) is 0 Å². The minimum Gasteiger partial charge on any atom is -0.258 e. The highest BCUT2D eigenvalue weighted by atomic mass is 35.5. The molecule has 2 aromatic carbocycles. The topological polar surface area (TPSA) is 89.3 Å². The molecule has 0 amide bonds. The fourth-order valence-corrected chi connectivity index (χ4v) is 3.47. The van der Waals surface area contributed by atoms with Crippen molar-refractivity contribution in [3.8, 4) is 0 Å². The summed E-state index contributed by atoms with van der Waals surface area (Å²) in [4.78, 5) is 9.85. The number of rotatable bonds is 7. The summed E-state index contributed by atoms with van der Waals surface area (Å²) in [6.07, 6.45) is 1.30. The summed E-state index contributed by atoms with van der Waals surface area (Å²) >= 11 is 5.69. The first kappa shape index (κ1) is 17.4. The number of aryl methyl sites for hydroxylation is 1. The first-order valence-electron chi connectivity index (χ1n) is 6.88. The van der Waals surface area contributed by atoms with Gasteiger partial charge in [-0.1, -0.05) is 41.9 Å². The SMILES string of the molecule is O=[N+]([O-])c1cc(Cl)ccc1S(=O)(=O)NCCCc1ccccc1. The highest BCUT2D eigenvalue weighted by Gasteiger charge is 2.25. The summed E-state index contributed by atoms with van der Waals surface area (Å²) in [5.74, 6) is 0. The molecule has 0 bridgehead atoms. The summed E-state index contributed by atoms with van der Waals surface area (Å²) in [7, 11) is -3.96. The van der Waals surface area contributed by atoms with E-state index in [1.165, 1.54) is 6.07 Å². The Morgan fingerprint density at radius 2 is 1.83 bits per heavy atom. The Labute approximate surface area is 139 Å². The lowest BCUT2D eigenvalue weighted by molar-refractivity contribution is -0.387. The third-order valence-corrected chi connectivity index (χ3v) is 4.93. The zero-order chi connectivity index (χ0) is 16.9. The molecule has 0 aliphatic heterocycles. The highest BCUT2D eigenvalue weighted by molar-refractivity contribution is 7.89. The van der Waals surface area contributed by atoms with Gasteiger partial charge in [0.15, 0.2) is 4.90 Å². The molecule has 0 aliphatic carbocycles. The van der Waals surface area contributed by atoms with Crippen LogP contribution in [0.4, 0.5) is 5.69 Å². The van der Waals surface area contributed by atoms with Crippen molar-refractivity contribution < 1.29 is 13.3 Å². The minimum atomic E-state index is -3.96. The summed E-state index contributed by atoms with van der Waals surface area (Å²) < 4.78 is 26.8. The number of halogens is 1. The van der Waals surface area contributed by atoms with Crippen LogP contribution in [0.3, 0.4) is 0 Å². The van der Waals surface area contributed by atoms with E-state index in [-0.39, 0.29) is 16.5 Å². The highest BCUT2D eigenvalue weighted by Crippen LogP contribution is 2.26. The van der Waals surface area contributed by atoms with E-state index >= 15 is 0 Å². The number of nitro groups is 1. The van der Waals surface area contributed by atoms with Crippen molar-refractivity contribution in [2.24, 2.45) is 0 Å². The molecule has 6 nitrogen and oxygen atoms in total. The summed E-state index contributed by atoms with van der Waals surface area (Å²) in [6, 6.07) is 13.1. The van der Waals surface area contributed by atoms with E-state index in [2.05, 4.69) is 4.72 Å². The van der Waals surface area contributed by atoms with Gasteiger partial charge in [0, 0.05) is 17.6 Å². The molecule has 122 valence electrons. The summed E-state index contributed by atoms with van der Waals surface area (Å²) in [5.41, 5.74) is 0.567. The monoisotopic (exact) mass is 354 g/mol. The maximum Gasteiger partial charge on any atom is 0.290 e. The zero-order valence-electron chi connectivity index (χ0n) is 12.1. The van der Waals surface area contributed by atoms with Gasteiger partial charge in [0.1, 0.15) is 0 Å². The number of sulfonamides is 1. The smallest absolute Gasteiger partial charge is 0.258 e. The second-order valence-corrected chi connectivity index (χ2v) is 7.03. The molecular weight excluding hydrogens is 340 g/mol. The van der Waals surface area contributed by atoms with E-state index in [9.17, 15) is 18.5 Å². The Balaban J connectivity index is 2.03. The van der Waals surface area contributed by atoms with E-state index in [0.717, 1.165) is 17.7 Å². The Bertz CT molecular complexity index is 794. The molecule has 2 rings (SSSR count). The van der Waals surface area contributed by atoms with Crippen molar-refractivity contribution in [3.63, 3.8) is 0 Å². The zero-order valence-corrected chi connectivity index (χ0v) is 13.7. The third kappa shape index (κ3) is 4.75. The van der Waals surface area contributed by atoms with Gasteiger partial charge in [0.25, 0.3) is 5.69 Å². The molecule has 0 atom stereocenters. The fraction of sp³-hybridized carbons (Fsp3) is 0.200. The molecule has 0 spiro atoms. The van der Waals surface area contributed by atoms with Gasteiger partial charge >= 0.3 is 0 Å². The number of nitro benzene ring substituents is 1. The lowest BCUT2D eigenvalue weighted by atomic mass is 10.1. The predicted molar refractivity (Wildman–Crippen MR) is 88.1 cm³/mol. The molecule has 1 N–H and O–H groups in total. The molecule has 2 aromatic rings. The van der Waals surface area contributed by atoms with Crippen LogP contribution in [-0.2, 0) is 16.4 Å². The Morgan fingerprint density at radius 1 is 1.13 bits per heavy atom. The van der Waals surface area contributed by atoms with Gasteiger partial charge in [-0.25, -0.2) is 13.1 Å². The van der Waals surface area contributed by atoms with Crippen LogP contribution < -0.4 is 4.72 Å². The van der Waals surface area contributed by atoms with Crippen LogP contribution in [-0.4, -0.2) is 19.9 Å². The molecule has 0 unspecified atom stereocenters. The Morgan fingerprint density at radius 3 is 2.48 bits per heavy atom. The van der Waals surface area contributed by atoms with Crippen LogP contribution in [0.15, 0.2) is 53.4 Å². The van der Waals surface area contributed by atoms with Crippen LogP contribution in [0, 0.1) is 10.1 Å². The van der Waals surface area contributed by atoms with Gasteiger partial charge in [0.05, 0.1) is 4.92 Å². The molecule has 0 aliphatic rings. The Hall–Kier alpha value is -1.96. The van der Waals surface area contributed by atoms with Gasteiger partial charge < -0.3 is 0 Å². The van der Waals surface area contributed by atoms with Gasteiger partial charge in [-0.3, -0.25) is 10.1 Å². The molecule has 0 fully saturated rings. The van der Waals surface area contributed by atoms with Crippen LogP contribution in [0.1, 0.15) is 12.0 Å². The average Bonchev–Trinajstić information content (AvgIpc) is 2.52. The number of nitrogens with zero attached hydrogens (tertiary/aromatic N) is 1. The fourth-order valence-electron chi connectivity index (χ4n) is 2.08. The van der Waals surface area contributed by atoms with Gasteiger partial charge in [-0.15, -0.1) is 0 Å². The maximum absolute atomic E-state index is 12.2. The standard InChI is InChI=1S/C15H15ClN2O4S/c16-13-8-9-15(14(11-13)18(19)20)23(21,22)17-10-4-7-12-5-2-1-3-6-12/h1-3,5-6,8-9,11,17H,4,7,10H2. The van der Waals surface area contributed by atoms with Crippen LogP contribution >= 0.6 is 11.6 Å². The van der Waals surface area contributed by atoms with Crippen molar-refractivity contribution in [1.82, 2.24) is 4.72 Å². The minimum absolute atomic E-state index is 0.111. The first-order chi connectivity index (χ1) is 10.9. The van der Waals surface area contributed by atoms with Crippen LogP contribution in [0.2, 0.25) is 5.02 Å². The number of hydrogen-bond donors (Lipinski definition) is 1. The molecule has 0 saturated heterocycles. The van der Waals surface area contributed by atoms with E-state index < -0.39 is 20.6 Å². The number of nitrogens with one attached hydrogen (secondary N) is 1. The van der Waals surface area contributed by atoms with E-state index in [4.69, 9.17) is 11.6 Å². The van der Waals surface area contributed by atoms with Crippen molar-refractivity contribution in [3.05, 3.63) is 69.2 Å². The number of benzene rings is 2. The van der Waals surface area contributed by atoms with Crippen molar-refractivity contribution in [2.75, 3.05) is 6.54 Å². The van der Waals surface area contributed by atoms with Crippen molar-refractivity contribution in [2.45, 2.75) is 17.7 Å². The van der Waals surface area contributed by atoms with Gasteiger partial charge in [0.2, 0.25) is 10.0 Å². The maximum atomic E-state index is 12.2. The molecule has 0 heterocycles. The van der Waals surface area contributed by atoms with E-state index in [1.807, 2.05) is 30.3 Å². The first-order valence-corrected chi connectivity index (χ1v) is 8.74. The normalized spacial score (nSPS) is 11.3. The molecule has 23 heavy (non-hydrogen) atoms. The van der Waals surface area contributed by atoms with E-state index in [1.54, 1.807) is 0 Å². The van der Waals surface area contributed by atoms with Crippen molar-refractivity contribution >= 4 is 27.3 Å². The summed E-state index contributed by atoms with van der Waals surface area (Å²) in [5, 5.41) is 11.1. The molecule has 0 aromatic heterocycles. The second kappa shape index (κ2) is 7.54. The average molecular weight is 355 g/mol. The lowest BCUT2D eigenvalue weighted by Gasteiger charge is -2.07. The van der Waals surface area contributed by atoms with Crippen LogP contribution in [0.5, 0.6) is 0 Å². The molecule has 8 heteroatoms. The lowest BCUT2D eigenvalue weighted by Crippen LogP contribution is -2.25. The molecular formula is C15H15ClN2O4S. The summed E-state index contributed by atoms with van der Waals surface area (Å²) in [6.45, 7) is 0.191. The quantitative estimate of drug-likeness (QED) is 0.470. The van der Waals surface area contributed by atoms with Gasteiger partial charge in [-0.2, -0.15) is 0 Å².